The van der Waals surface area contributed by atoms with Crippen LogP contribution in [0.4, 0.5) is 15.9 Å². The Hall–Kier alpha value is -3.51. The first kappa shape index (κ1) is 22.3. The zero-order valence-corrected chi connectivity index (χ0v) is 21.2. The molecule has 0 saturated carbocycles. The summed E-state index contributed by atoms with van der Waals surface area (Å²) in [4.78, 5) is 30.5. The molecule has 7 heteroatoms. The molecular weight excluding hydrogens is 509 g/mol. The molecule has 0 aliphatic carbocycles. The summed E-state index contributed by atoms with van der Waals surface area (Å²) < 4.78 is 2.07. The zero-order valence-electron chi connectivity index (χ0n) is 18.6. The van der Waals surface area contributed by atoms with E-state index < -0.39 is 0 Å². The van der Waals surface area contributed by atoms with Crippen LogP contribution in [0.3, 0.4) is 0 Å². The topological polar surface area (TPSA) is 43.9 Å². The molecule has 0 N–H and O–H groups in total. The van der Waals surface area contributed by atoms with E-state index in [4.69, 9.17) is 12.2 Å². The summed E-state index contributed by atoms with van der Waals surface area (Å²) in [5.41, 5.74) is 2.29. The van der Waals surface area contributed by atoms with Crippen molar-refractivity contribution in [3.8, 4) is 0 Å². The predicted octanol–water partition coefficient (Wildman–Crippen LogP) is 4.97. The summed E-state index contributed by atoms with van der Waals surface area (Å²) in [6.07, 6.45) is 1.72. The molecule has 1 saturated heterocycles. The van der Waals surface area contributed by atoms with Crippen LogP contribution in [-0.4, -0.2) is 55.3 Å². The molecule has 1 aliphatic heterocycles. The Bertz CT molecular complexity index is 1430. The molecule has 0 bridgehead atoms. The Labute approximate surface area is 209 Å². The van der Waals surface area contributed by atoms with Gasteiger partial charge in [0.15, 0.2) is 0 Å². The van der Waals surface area contributed by atoms with Crippen LogP contribution in [0.5, 0.6) is 0 Å². The number of thiocarbonyl (C=S) groups is 1. The third kappa shape index (κ3) is 3.88. The van der Waals surface area contributed by atoms with E-state index >= 15 is 0 Å². The Morgan fingerprint density at radius 3 is 2.18 bits per heavy atom. The number of likely N-dealkylation sites (N-methyl/N-ethyl adjacent to an activating group) is 2. The van der Waals surface area contributed by atoms with Crippen molar-refractivity contribution in [1.29, 1.82) is 0 Å². The maximum atomic E-state index is 12.8. The van der Waals surface area contributed by atoms with Gasteiger partial charge in [-0.3, -0.25) is 0 Å². The molecule has 5 nitrogen and oxygen atoms in total. The van der Waals surface area contributed by atoms with E-state index in [1.165, 1.54) is 15.2 Å². The molecule has 5 rings (SSSR count). The normalized spacial score (nSPS) is 14.2. The second-order valence-electron chi connectivity index (χ2n) is 7.91. The van der Waals surface area contributed by atoms with Crippen molar-refractivity contribution in [2.45, 2.75) is 0 Å². The van der Waals surface area contributed by atoms with Gasteiger partial charge in [0, 0.05) is 0 Å². The van der Waals surface area contributed by atoms with E-state index in [0.29, 0.717) is 0 Å². The maximum absolute atomic E-state index is 12.8. The second kappa shape index (κ2) is 9.03. The van der Waals surface area contributed by atoms with E-state index in [2.05, 4.69) is 59.5 Å². The fraction of sp³-hybridized carbons (Fsp3) is 0.0741. The quantitative estimate of drug-likeness (QED) is 0.162. The standard InChI is InChI=1S/C27H21N3O2SSe/c1-28-25(31)22(26(32)29(2)27(28)33)17-20-15-16-24(34-20)30(19-11-4-3-5-12-19)23-14-8-10-18-9-6-7-13-21(18)23/h3-17H,1-2H3. The Kier molecular flexibility index (Phi) is 5.92. The fourth-order valence-electron chi connectivity index (χ4n) is 4.02. The van der Waals surface area contributed by atoms with Gasteiger partial charge in [-0.05, 0) is 0 Å². The number of amides is 2. The Balaban J connectivity index is 1.61. The molecule has 1 aliphatic rings. The summed E-state index contributed by atoms with van der Waals surface area (Å²) >= 11 is 5.08. The molecule has 0 spiro atoms. The molecule has 0 radical (unpaired) electrons. The van der Waals surface area contributed by atoms with Crippen LogP contribution in [0.2, 0.25) is 0 Å². The van der Waals surface area contributed by atoms with Crippen LogP contribution >= 0.6 is 12.2 Å². The number of hydrogen-bond acceptors (Lipinski definition) is 4. The van der Waals surface area contributed by atoms with Crippen molar-refractivity contribution >= 4 is 76.4 Å². The SMILES string of the molecule is CN1C(=O)C(=Cc2ccc(N(c3ccccc3)c3cccc4ccccc34)[se]2)C(=O)N(C)C1=S. The monoisotopic (exact) mass is 531 g/mol. The summed E-state index contributed by atoms with van der Waals surface area (Å²) in [5.74, 6) is -0.737. The first-order valence-corrected chi connectivity index (χ1v) is 12.8. The average Bonchev–Trinajstić information content (AvgIpc) is 3.33. The molecule has 1 aromatic heterocycles. The molecule has 2 amide bonds. The van der Waals surface area contributed by atoms with Crippen LogP contribution in [0.15, 0.2) is 90.5 Å². The minimum atomic E-state index is -0.368. The van der Waals surface area contributed by atoms with E-state index in [1.54, 1.807) is 20.2 Å². The van der Waals surface area contributed by atoms with Gasteiger partial charge in [0.2, 0.25) is 0 Å². The van der Waals surface area contributed by atoms with Crippen LogP contribution in [0.1, 0.15) is 4.44 Å². The molecular formula is C27H21N3O2SSe. The molecule has 34 heavy (non-hydrogen) atoms. The number of para-hydroxylation sites is 1. The van der Waals surface area contributed by atoms with Crippen LogP contribution in [0.25, 0.3) is 16.8 Å². The molecule has 1 fully saturated rings. The molecule has 3 aromatic carbocycles. The first-order valence-electron chi connectivity index (χ1n) is 10.7. The van der Waals surface area contributed by atoms with Crippen LogP contribution in [0, 0.1) is 0 Å². The number of hydrogen-bond donors (Lipinski definition) is 0. The van der Waals surface area contributed by atoms with Crippen molar-refractivity contribution in [2.75, 3.05) is 19.0 Å². The number of fused-ring (bicyclic) bond motifs is 1. The average molecular weight is 531 g/mol. The van der Waals surface area contributed by atoms with Crippen molar-refractivity contribution in [3.63, 3.8) is 0 Å². The van der Waals surface area contributed by atoms with Crippen LogP contribution < -0.4 is 4.90 Å². The number of benzene rings is 3. The number of nitrogens with zero attached hydrogens (tertiary/aromatic N) is 3. The van der Waals surface area contributed by atoms with Crippen molar-refractivity contribution < 1.29 is 9.59 Å². The summed E-state index contributed by atoms with van der Waals surface area (Å²) in [6, 6.07) is 29.0. The first-order chi connectivity index (χ1) is 16.5. The third-order valence-electron chi connectivity index (χ3n) is 5.79. The van der Waals surface area contributed by atoms with Gasteiger partial charge < -0.3 is 0 Å². The fourth-order valence-corrected chi connectivity index (χ4v) is 6.26. The minimum absolute atomic E-state index is 0.116. The number of carbonyl (C=O) groups excluding carboxylic acids is 2. The molecule has 4 aromatic rings. The van der Waals surface area contributed by atoms with Crippen LogP contribution in [-0.2, 0) is 9.59 Å². The van der Waals surface area contributed by atoms with Gasteiger partial charge in [-0.1, -0.05) is 0 Å². The molecule has 0 unspecified atom stereocenters. The van der Waals surface area contributed by atoms with E-state index in [0.717, 1.165) is 25.8 Å². The van der Waals surface area contributed by atoms with Gasteiger partial charge in [0.05, 0.1) is 0 Å². The van der Waals surface area contributed by atoms with Gasteiger partial charge in [0.1, 0.15) is 0 Å². The Morgan fingerprint density at radius 1 is 0.794 bits per heavy atom. The number of anilines is 3. The summed E-state index contributed by atoms with van der Waals surface area (Å²) in [6.45, 7) is 0. The molecule has 2 heterocycles. The summed E-state index contributed by atoms with van der Waals surface area (Å²) in [7, 11) is 3.19. The second-order valence-corrected chi connectivity index (χ2v) is 10.6. The van der Waals surface area contributed by atoms with Crippen molar-refractivity contribution in [2.24, 2.45) is 0 Å². The third-order valence-corrected chi connectivity index (χ3v) is 8.47. The zero-order chi connectivity index (χ0) is 23.8. The van der Waals surface area contributed by atoms with E-state index in [9.17, 15) is 9.59 Å². The van der Waals surface area contributed by atoms with Crippen molar-refractivity contribution in [1.82, 2.24) is 9.80 Å². The number of carbonyl (C=O) groups is 2. The van der Waals surface area contributed by atoms with E-state index in [1.807, 2.05) is 30.3 Å². The number of rotatable bonds is 4. The predicted molar refractivity (Wildman–Crippen MR) is 142 cm³/mol. The van der Waals surface area contributed by atoms with Gasteiger partial charge >= 0.3 is 210 Å². The summed E-state index contributed by atoms with van der Waals surface area (Å²) in [5, 5.41) is 2.54. The molecule has 168 valence electrons. The van der Waals surface area contributed by atoms with Crippen molar-refractivity contribution in [3.05, 3.63) is 94.9 Å². The molecule has 0 atom stereocenters. The van der Waals surface area contributed by atoms with Gasteiger partial charge in [0.25, 0.3) is 0 Å². The van der Waals surface area contributed by atoms with Gasteiger partial charge in [-0.15, -0.1) is 0 Å². The van der Waals surface area contributed by atoms with Gasteiger partial charge in [-0.25, -0.2) is 0 Å². The van der Waals surface area contributed by atoms with Gasteiger partial charge in [-0.2, -0.15) is 0 Å². The Morgan fingerprint density at radius 2 is 1.44 bits per heavy atom. The van der Waals surface area contributed by atoms with E-state index in [-0.39, 0.29) is 37.0 Å².